The quantitative estimate of drug-likeness (QED) is 0.188. The van der Waals surface area contributed by atoms with Gasteiger partial charge in [0.1, 0.15) is 0 Å². The Kier molecular flexibility index (Phi) is 11.6. The van der Waals surface area contributed by atoms with E-state index in [-0.39, 0.29) is 0 Å². The maximum atomic E-state index is 5.67. The second-order valence-corrected chi connectivity index (χ2v) is 6.44. The van der Waals surface area contributed by atoms with Crippen molar-refractivity contribution in [3.05, 3.63) is 24.8 Å². The molecule has 122 valence electrons. The molecule has 1 heterocycles. The molecule has 0 aromatic heterocycles. The molecule has 21 heavy (non-hydrogen) atoms. The molecule has 1 fully saturated rings. The van der Waals surface area contributed by atoms with E-state index in [2.05, 4.69) is 19.6 Å². The summed E-state index contributed by atoms with van der Waals surface area (Å²) in [5, 5.41) is 0. The van der Waals surface area contributed by atoms with Crippen LogP contribution < -0.4 is 0 Å². The summed E-state index contributed by atoms with van der Waals surface area (Å²) in [6.07, 6.45) is 25.0. The minimum absolute atomic E-state index is 0.504. The zero-order chi connectivity index (χ0) is 15.2. The van der Waals surface area contributed by atoms with Crippen LogP contribution in [-0.4, -0.2) is 12.2 Å². The van der Waals surface area contributed by atoms with Crippen molar-refractivity contribution >= 4 is 0 Å². The maximum Gasteiger partial charge on any atom is 0.0876 e. The van der Waals surface area contributed by atoms with E-state index in [1.54, 1.807) is 0 Å². The molecule has 1 aliphatic heterocycles. The molecule has 1 nitrogen and oxygen atoms in total. The second kappa shape index (κ2) is 13.1. The third-order valence-corrected chi connectivity index (χ3v) is 4.42. The largest absolute Gasteiger partial charge is 0.369 e. The monoisotopic (exact) mass is 292 g/mol. The standard InChI is InChI=1S/C20H36O/c1-3-5-7-8-9-10-11-12-13-14-16-18-20-19(21-20)17-15-6-4-2/h4,6,15,19-20H,2-3,5,7-14,16-18H2,1H3/b15-6-. The molecule has 1 saturated heterocycles. The molecule has 1 heteroatoms. The van der Waals surface area contributed by atoms with Gasteiger partial charge in [0, 0.05) is 0 Å². The van der Waals surface area contributed by atoms with Crippen LogP contribution in [0.1, 0.15) is 90.4 Å². The van der Waals surface area contributed by atoms with Gasteiger partial charge in [-0.25, -0.2) is 0 Å². The third-order valence-electron chi connectivity index (χ3n) is 4.42. The molecule has 0 N–H and O–H groups in total. The Bertz CT molecular complexity index is 269. The van der Waals surface area contributed by atoms with Crippen LogP contribution in [0.5, 0.6) is 0 Å². The summed E-state index contributed by atoms with van der Waals surface area (Å²) < 4.78 is 5.67. The topological polar surface area (TPSA) is 12.5 Å². The molecule has 1 aliphatic rings. The second-order valence-electron chi connectivity index (χ2n) is 6.44. The van der Waals surface area contributed by atoms with Crippen LogP contribution in [0.15, 0.2) is 24.8 Å². The highest BCUT2D eigenvalue weighted by atomic mass is 16.6. The molecule has 1 rings (SSSR count). The van der Waals surface area contributed by atoms with Crippen molar-refractivity contribution in [3.63, 3.8) is 0 Å². The van der Waals surface area contributed by atoms with Gasteiger partial charge >= 0.3 is 0 Å². The highest BCUT2D eigenvalue weighted by molar-refractivity contribution is 5.01. The predicted molar refractivity (Wildman–Crippen MR) is 93.7 cm³/mol. The van der Waals surface area contributed by atoms with Crippen LogP contribution in [0.3, 0.4) is 0 Å². The van der Waals surface area contributed by atoms with Crippen LogP contribution in [0.25, 0.3) is 0 Å². The van der Waals surface area contributed by atoms with E-state index in [0.29, 0.717) is 12.2 Å². The summed E-state index contributed by atoms with van der Waals surface area (Å²) in [5.41, 5.74) is 0. The Morgan fingerprint density at radius 1 is 0.810 bits per heavy atom. The van der Waals surface area contributed by atoms with E-state index in [0.717, 1.165) is 6.42 Å². The van der Waals surface area contributed by atoms with Gasteiger partial charge in [-0.1, -0.05) is 102 Å². The summed E-state index contributed by atoms with van der Waals surface area (Å²) in [7, 11) is 0. The number of unbranched alkanes of at least 4 members (excludes halogenated alkanes) is 10. The number of rotatable bonds is 15. The fraction of sp³-hybridized carbons (Fsp3) is 0.800. The molecule has 2 atom stereocenters. The zero-order valence-electron chi connectivity index (χ0n) is 14.2. The number of epoxide rings is 1. The van der Waals surface area contributed by atoms with Crippen LogP contribution in [-0.2, 0) is 4.74 Å². The zero-order valence-corrected chi connectivity index (χ0v) is 14.2. The molecular formula is C20H36O. The van der Waals surface area contributed by atoms with Gasteiger partial charge in [0.05, 0.1) is 12.2 Å². The van der Waals surface area contributed by atoms with Gasteiger partial charge in [0.2, 0.25) is 0 Å². The van der Waals surface area contributed by atoms with Gasteiger partial charge in [-0.15, -0.1) is 0 Å². The van der Waals surface area contributed by atoms with Crippen molar-refractivity contribution in [2.45, 2.75) is 103 Å². The molecule has 2 unspecified atom stereocenters. The lowest BCUT2D eigenvalue weighted by Crippen LogP contribution is -1.92. The van der Waals surface area contributed by atoms with Crippen LogP contribution >= 0.6 is 0 Å². The SMILES string of the molecule is C=C/C=C\CC1OC1CCCCCCCCCCCCC. The summed E-state index contributed by atoms with van der Waals surface area (Å²) in [6.45, 7) is 5.96. The Balaban J connectivity index is 1.74. The number of hydrogen-bond donors (Lipinski definition) is 0. The number of ether oxygens (including phenoxy) is 1. The first kappa shape index (κ1) is 18.5. The Hall–Kier alpha value is -0.560. The molecule has 0 bridgehead atoms. The summed E-state index contributed by atoms with van der Waals surface area (Å²) in [4.78, 5) is 0. The molecule has 0 aliphatic carbocycles. The number of allylic oxidation sites excluding steroid dienone is 2. The van der Waals surface area contributed by atoms with Gasteiger partial charge in [-0.05, 0) is 12.8 Å². The first-order valence-electron chi connectivity index (χ1n) is 9.31. The van der Waals surface area contributed by atoms with Crippen LogP contribution in [0.2, 0.25) is 0 Å². The average molecular weight is 293 g/mol. The lowest BCUT2D eigenvalue weighted by molar-refractivity contribution is 0.358. The molecule has 0 amide bonds. The normalized spacial score (nSPS) is 21.0. The van der Waals surface area contributed by atoms with Crippen molar-refractivity contribution in [2.75, 3.05) is 0 Å². The van der Waals surface area contributed by atoms with Gasteiger partial charge in [-0.3, -0.25) is 0 Å². The number of hydrogen-bond acceptors (Lipinski definition) is 1. The van der Waals surface area contributed by atoms with Gasteiger partial charge < -0.3 is 4.74 Å². The van der Waals surface area contributed by atoms with E-state index in [4.69, 9.17) is 4.74 Å². The van der Waals surface area contributed by atoms with Crippen molar-refractivity contribution in [1.82, 2.24) is 0 Å². The van der Waals surface area contributed by atoms with E-state index in [1.807, 2.05) is 12.2 Å². The fourth-order valence-corrected chi connectivity index (χ4v) is 2.96. The summed E-state index contributed by atoms with van der Waals surface area (Å²) >= 11 is 0. The molecule has 0 radical (unpaired) electrons. The molecule has 0 aromatic rings. The first-order chi connectivity index (χ1) is 10.4. The van der Waals surface area contributed by atoms with Crippen molar-refractivity contribution in [1.29, 1.82) is 0 Å². The molecule has 0 spiro atoms. The summed E-state index contributed by atoms with van der Waals surface area (Å²) in [6, 6.07) is 0. The molecule has 0 saturated carbocycles. The van der Waals surface area contributed by atoms with E-state index < -0.39 is 0 Å². The predicted octanol–water partition coefficient (Wildman–Crippen LogP) is 6.59. The Morgan fingerprint density at radius 2 is 1.38 bits per heavy atom. The molecular weight excluding hydrogens is 256 g/mol. The Morgan fingerprint density at radius 3 is 1.95 bits per heavy atom. The minimum atomic E-state index is 0.504. The first-order valence-corrected chi connectivity index (χ1v) is 9.31. The highest BCUT2D eigenvalue weighted by Gasteiger charge is 2.36. The van der Waals surface area contributed by atoms with Crippen molar-refractivity contribution in [2.24, 2.45) is 0 Å². The Labute approximate surface area is 132 Å². The van der Waals surface area contributed by atoms with Gasteiger partial charge in [-0.2, -0.15) is 0 Å². The van der Waals surface area contributed by atoms with Crippen LogP contribution in [0, 0.1) is 0 Å². The fourth-order valence-electron chi connectivity index (χ4n) is 2.96. The maximum absolute atomic E-state index is 5.67. The van der Waals surface area contributed by atoms with Crippen molar-refractivity contribution in [3.8, 4) is 0 Å². The van der Waals surface area contributed by atoms with Crippen LogP contribution in [0.4, 0.5) is 0 Å². The minimum Gasteiger partial charge on any atom is -0.369 e. The van der Waals surface area contributed by atoms with E-state index in [1.165, 1.54) is 77.0 Å². The lowest BCUT2D eigenvalue weighted by atomic mass is 10.0. The summed E-state index contributed by atoms with van der Waals surface area (Å²) in [5.74, 6) is 0. The third kappa shape index (κ3) is 10.8. The van der Waals surface area contributed by atoms with Gasteiger partial charge in [0.15, 0.2) is 0 Å². The highest BCUT2D eigenvalue weighted by Crippen LogP contribution is 2.30. The smallest absolute Gasteiger partial charge is 0.0876 e. The van der Waals surface area contributed by atoms with Gasteiger partial charge in [0.25, 0.3) is 0 Å². The average Bonchev–Trinajstić information content (AvgIpc) is 3.23. The van der Waals surface area contributed by atoms with Crippen molar-refractivity contribution < 1.29 is 4.74 Å². The van der Waals surface area contributed by atoms with E-state index in [9.17, 15) is 0 Å². The van der Waals surface area contributed by atoms with E-state index >= 15 is 0 Å². The molecule has 0 aromatic carbocycles. The lowest BCUT2D eigenvalue weighted by Gasteiger charge is -2.02.